The van der Waals surface area contributed by atoms with E-state index in [1.54, 1.807) is 0 Å². The van der Waals surface area contributed by atoms with Gasteiger partial charge in [-0.25, -0.2) is 5.43 Å². The van der Waals surface area contributed by atoms with Crippen LogP contribution in [-0.2, 0) is 22.4 Å². The molecule has 4 aliphatic rings. The highest BCUT2D eigenvalue weighted by atomic mass is 16.5. The zero-order chi connectivity index (χ0) is 25.2. The van der Waals surface area contributed by atoms with Crippen molar-refractivity contribution >= 4 is 17.5 Å². The number of ether oxygens (including phenoxy) is 1. The standard InChI is InChI=1S/C30H38N4O3/c35-28(34-16-13-22-11-12-24(20-27(22)34)37-18-17-33-14-3-4-15-33)19-21-7-9-23(10-8-21)29-25-5-1-2-6-26(25)30(36)32-31-29/h7-12,20,25-26,29,31H,1-6,13-19H2,(H,32,36). The highest BCUT2D eigenvalue weighted by molar-refractivity contribution is 5.97. The second-order valence-corrected chi connectivity index (χ2v) is 11.1. The molecule has 0 spiro atoms. The number of carbonyl (C=O) groups is 2. The van der Waals surface area contributed by atoms with Crippen LogP contribution in [0.15, 0.2) is 42.5 Å². The molecule has 2 saturated heterocycles. The third kappa shape index (κ3) is 5.25. The number of hydrazine groups is 1. The lowest BCUT2D eigenvalue weighted by Crippen LogP contribution is -2.55. The molecule has 1 aliphatic carbocycles. The molecule has 3 unspecified atom stereocenters. The van der Waals surface area contributed by atoms with Gasteiger partial charge in [0, 0.05) is 25.1 Å². The Morgan fingerprint density at radius 1 is 0.973 bits per heavy atom. The summed E-state index contributed by atoms with van der Waals surface area (Å²) < 4.78 is 6.04. The zero-order valence-electron chi connectivity index (χ0n) is 21.6. The molecule has 7 heteroatoms. The van der Waals surface area contributed by atoms with E-state index in [2.05, 4.69) is 46.1 Å². The summed E-state index contributed by atoms with van der Waals surface area (Å²) >= 11 is 0. The average molecular weight is 503 g/mol. The maximum absolute atomic E-state index is 13.3. The first-order valence-electron chi connectivity index (χ1n) is 14.1. The third-order valence-electron chi connectivity index (χ3n) is 8.76. The van der Waals surface area contributed by atoms with Gasteiger partial charge in [-0.2, -0.15) is 0 Å². The Bertz CT molecular complexity index is 1130. The van der Waals surface area contributed by atoms with Gasteiger partial charge in [-0.05, 0) is 73.9 Å². The van der Waals surface area contributed by atoms with E-state index in [9.17, 15) is 9.59 Å². The molecule has 7 nitrogen and oxygen atoms in total. The van der Waals surface area contributed by atoms with Crippen molar-refractivity contribution in [3.05, 3.63) is 59.2 Å². The summed E-state index contributed by atoms with van der Waals surface area (Å²) in [6.45, 7) is 4.70. The van der Waals surface area contributed by atoms with E-state index < -0.39 is 0 Å². The number of likely N-dealkylation sites (tertiary alicyclic amines) is 1. The van der Waals surface area contributed by atoms with Gasteiger partial charge in [-0.15, -0.1) is 0 Å². The van der Waals surface area contributed by atoms with E-state index in [0.29, 0.717) is 18.9 Å². The lowest BCUT2D eigenvalue weighted by molar-refractivity contribution is -0.133. The van der Waals surface area contributed by atoms with E-state index >= 15 is 0 Å². The third-order valence-corrected chi connectivity index (χ3v) is 8.76. The van der Waals surface area contributed by atoms with Crippen LogP contribution in [0.25, 0.3) is 0 Å². The topological polar surface area (TPSA) is 73.9 Å². The minimum atomic E-state index is 0.102. The van der Waals surface area contributed by atoms with Gasteiger partial charge < -0.3 is 9.64 Å². The number of carbonyl (C=O) groups excluding carboxylic acids is 2. The van der Waals surface area contributed by atoms with Crippen molar-refractivity contribution in [1.29, 1.82) is 0 Å². The normalized spacial score (nSPS) is 25.5. The highest BCUT2D eigenvalue weighted by Crippen LogP contribution is 2.40. The molecule has 2 aromatic rings. The summed E-state index contributed by atoms with van der Waals surface area (Å²) in [4.78, 5) is 30.0. The smallest absolute Gasteiger partial charge is 0.237 e. The molecule has 37 heavy (non-hydrogen) atoms. The van der Waals surface area contributed by atoms with Crippen LogP contribution >= 0.6 is 0 Å². The number of hydrogen-bond acceptors (Lipinski definition) is 5. The van der Waals surface area contributed by atoms with Crippen molar-refractivity contribution in [3.63, 3.8) is 0 Å². The number of rotatable bonds is 7. The fourth-order valence-electron chi connectivity index (χ4n) is 6.68. The highest BCUT2D eigenvalue weighted by Gasteiger charge is 2.40. The summed E-state index contributed by atoms with van der Waals surface area (Å²) in [5.41, 5.74) is 10.5. The van der Waals surface area contributed by atoms with Gasteiger partial charge >= 0.3 is 0 Å². The SMILES string of the molecule is O=C1NNC(c2ccc(CC(=O)N3CCc4ccc(OCCN5CCCC5)cc43)cc2)C2CCCCC12. The van der Waals surface area contributed by atoms with Crippen molar-refractivity contribution in [3.8, 4) is 5.75 Å². The Morgan fingerprint density at radius 2 is 1.78 bits per heavy atom. The number of anilines is 1. The summed E-state index contributed by atoms with van der Waals surface area (Å²) in [6.07, 6.45) is 8.20. The molecule has 3 heterocycles. The van der Waals surface area contributed by atoms with Crippen molar-refractivity contribution in [2.24, 2.45) is 11.8 Å². The van der Waals surface area contributed by atoms with E-state index in [1.807, 2.05) is 17.0 Å². The maximum atomic E-state index is 13.3. The van der Waals surface area contributed by atoms with Gasteiger partial charge in [-0.1, -0.05) is 43.2 Å². The predicted octanol–water partition coefficient (Wildman–Crippen LogP) is 3.77. The molecule has 3 atom stereocenters. The van der Waals surface area contributed by atoms with Crippen molar-refractivity contribution in [2.45, 2.75) is 57.4 Å². The molecule has 196 valence electrons. The number of benzene rings is 2. The van der Waals surface area contributed by atoms with Crippen LogP contribution in [0.1, 0.15) is 61.3 Å². The van der Waals surface area contributed by atoms with Crippen molar-refractivity contribution in [2.75, 3.05) is 37.7 Å². The Kier molecular flexibility index (Phi) is 7.16. The minimum absolute atomic E-state index is 0.102. The van der Waals surface area contributed by atoms with Crippen LogP contribution in [0.4, 0.5) is 5.69 Å². The van der Waals surface area contributed by atoms with Gasteiger partial charge in [0.1, 0.15) is 12.4 Å². The molecule has 0 radical (unpaired) electrons. The van der Waals surface area contributed by atoms with Crippen LogP contribution in [-0.4, -0.2) is 49.5 Å². The number of nitrogens with zero attached hydrogens (tertiary/aromatic N) is 2. The number of fused-ring (bicyclic) bond motifs is 2. The molecule has 2 amide bonds. The van der Waals surface area contributed by atoms with Crippen LogP contribution in [0.5, 0.6) is 5.75 Å². The van der Waals surface area contributed by atoms with Crippen molar-refractivity contribution in [1.82, 2.24) is 15.8 Å². The van der Waals surface area contributed by atoms with Gasteiger partial charge in [-0.3, -0.25) is 19.9 Å². The second kappa shape index (κ2) is 10.8. The molecule has 3 aliphatic heterocycles. The fraction of sp³-hybridized carbons (Fsp3) is 0.533. The average Bonchev–Trinajstić information content (AvgIpc) is 3.60. The molecular formula is C30H38N4O3. The summed E-state index contributed by atoms with van der Waals surface area (Å²) in [5, 5.41) is 0. The largest absolute Gasteiger partial charge is 0.492 e. The van der Waals surface area contributed by atoms with Gasteiger partial charge in [0.2, 0.25) is 11.8 Å². The molecule has 3 fully saturated rings. The van der Waals surface area contributed by atoms with Crippen LogP contribution in [0.3, 0.4) is 0 Å². The van der Waals surface area contributed by atoms with Crippen LogP contribution < -0.4 is 20.5 Å². The van der Waals surface area contributed by atoms with Gasteiger partial charge in [0.25, 0.3) is 0 Å². The summed E-state index contributed by atoms with van der Waals surface area (Å²) in [6, 6.07) is 14.7. The first-order valence-corrected chi connectivity index (χ1v) is 14.1. The summed E-state index contributed by atoms with van der Waals surface area (Å²) in [7, 11) is 0. The lowest BCUT2D eigenvalue weighted by Gasteiger charge is -2.41. The number of hydrogen-bond donors (Lipinski definition) is 2. The number of amides is 2. The molecule has 0 bridgehead atoms. The molecule has 0 aromatic heterocycles. The Labute approximate surface area is 219 Å². The zero-order valence-corrected chi connectivity index (χ0v) is 21.6. The van der Waals surface area contributed by atoms with Crippen LogP contribution in [0, 0.1) is 11.8 Å². The monoisotopic (exact) mass is 502 g/mol. The first kappa shape index (κ1) is 24.4. The maximum Gasteiger partial charge on any atom is 0.237 e. The molecule has 2 aromatic carbocycles. The fourth-order valence-corrected chi connectivity index (χ4v) is 6.68. The van der Waals surface area contributed by atoms with E-state index in [4.69, 9.17) is 4.74 Å². The molecule has 6 rings (SSSR count). The first-order chi connectivity index (χ1) is 18.2. The van der Waals surface area contributed by atoms with E-state index in [0.717, 1.165) is 55.8 Å². The summed E-state index contributed by atoms with van der Waals surface area (Å²) in [5.74, 6) is 1.54. The Balaban J connectivity index is 1.08. The Hall–Kier alpha value is -2.90. The van der Waals surface area contributed by atoms with Crippen LogP contribution in [0.2, 0.25) is 0 Å². The lowest BCUT2D eigenvalue weighted by atomic mass is 9.72. The Morgan fingerprint density at radius 3 is 2.62 bits per heavy atom. The molecular weight excluding hydrogens is 464 g/mol. The van der Waals surface area contributed by atoms with Crippen molar-refractivity contribution < 1.29 is 14.3 Å². The van der Waals surface area contributed by atoms with Gasteiger partial charge in [0.05, 0.1) is 18.2 Å². The molecule has 1 saturated carbocycles. The number of nitrogens with one attached hydrogen (secondary N) is 2. The van der Waals surface area contributed by atoms with E-state index in [1.165, 1.54) is 43.5 Å². The predicted molar refractivity (Wildman–Crippen MR) is 143 cm³/mol. The minimum Gasteiger partial charge on any atom is -0.492 e. The second-order valence-electron chi connectivity index (χ2n) is 11.1. The van der Waals surface area contributed by atoms with E-state index in [-0.39, 0.29) is 23.8 Å². The molecule has 2 N–H and O–H groups in total. The quantitative estimate of drug-likeness (QED) is 0.603. The van der Waals surface area contributed by atoms with Gasteiger partial charge in [0.15, 0.2) is 0 Å².